The zero-order chi connectivity index (χ0) is 18.8. The van der Waals surface area contributed by atoms with Crippen molar-refractivity contribution in [3.8, 4) is 5.75 Å². The van der Waals surface area contributed by atoms with Gasteiger partial charge in [-0.05, 0) is 35.9 Å². The standard InChI is InChI=1S/C21H21N3O3/c1-27-16-7-8-18-17(11-16)14(13-23-18)9-10-22-19-12-20(25)24(21(19)26)15-5-3-2-4-6-15/h2-8,11,13,19,22-23H,9-10,12H2,1H3/p+1/t19-/m0/s1. The molecule has 2 aromatic carbocycles. The van der Waals surface area contributed by atoms with Gasteiger partial charge in [-0.1, -0.05) is 18.2 Å². The van der Waals surface area contributed by atoms with E-state index in [2.05, 4.69) is 4.98 Å². The second kappa shape index (κ2) is 7.25. The third-order valence-electron chi connectivity index (χ3n) is 5.04. The first kappa shape index (κ1) is 17.3. The molecule has 27 heavy (non-hydrogen) atoms. The molecule has 0 spiro atoms. The number of aromatic amines is 1. The predicted octanol–water partition coefficient (Wildman–Crippen LogP) is 1.61. The molecule has 6 heteroatoms. The predicted molar refractivity (Wildman–Crippen MR) is 103 cm³/mol. The Morgan fingerprint density at radius 1 is 1.19 bits per heavy atom. The number of aromatic nitrogens is 1. The second-order valence-electron chi connectivity index (χ2n) is 6.71. The molecule has 1 fully saturated rings. The highest BCUT2D eigenvalue weighted by atomic mass is 16.5. The van der Waals surface area contributed by atoms with E-state index < -0.39 is 0 Å². The number of imide groups is 1. The number of carbonyl (C=O) groups excluding carboxylic acids is 2. The largest absolute Gasteiger partial charge is 0.497 e. The first-order chi connectivity index (χ1) is 13.2. The summed E-state index contributed by atoms with van der Waals surface area (Å²) in [7, 11) is 1.66. The van der Waals surface area contributed by atoms with E-state index in [1.54, 1.807) is 19.2 Å². The van der Waals surface area contributed by atoms with Crippen LogP contribution in [0, 0.1) is 0 Å². The number of nitrogens with zero attached hydrogens (tertiary/aromatic N) is 1. The summed E-state index contributed by atoms with van der Waals surface area (Å²) in [6, 6.07) is 14.7. The molecule has 0 bridgehead atoms. The van der Waals surface area contributed by atoms with Crippen LogP contribution in [0.3, 0.4) is 0 Å². The lowest BCUT2D eigenvalue weighted by atomic mass is 10.1. The molecule has 2 amide bonds. The molecular weight excluding hydrogens is 342 g/mol. The molecule has 2 heterocycles. The number of quaternary nitrogens is 1. The van der Waals surface area contributed by atoms with Crippen molar-refractivity contribution in [2.45, 2.75) is 18.9 Å². The maximum Gasteiger partial charge on any atom is 0.292 e. The number of methoxy groups -OCH3 is 1. The smallest absolute Gasteiger partial charge is 0.292 e. The molecule has 1 aromatic heterocycles. The third-order valence-corrected chi connectivity index (χ3v) is 5.04. The number of hydrogen-bond donors (Lipinski definition) is 2. The number of para-hydroxylation sites is 1. The van der Waals surface area contributed by atoms with Gasteiger partial charge < -0.3 is 15.0 Å². The Morgan fingerprint density at radius 2 is 2.00 bits per heavy atom. The van der Waals surface area contributed by atoms with Gasteiger partial charge in [-0.3, -0.25) is 9.59 Å². The SMILES string of the molecule is COc1ccc2[nH]cc(CC[NH2+][C@H]3CC(=O)N(c4ccccc4)C3=O)c2c1. The summed E-state index contributed by atoms with van der Waals surface area (Å²) in [6.45, 7) is 0.733. The van der Waals surface area contributed by atoms with Crippen LogP contribution in [0.4, 0.5) is 5.69 Å². The van der Waals surface area contributed by atoms with E-state index in [-0.39, 0.29) is 24.3 Å². The van der Waals surface area contributed by atoms with Gasteiger partial charge in [0, 0.05) is 23.5 Å². The summed E-state index contributed by atoms with van der Waals surface area (Å²) in [5.41, 5.74) is 2.89. The fourth-order valence-electron chi connectivity index (χ4n) is 3.62. The summed E-state index contributed by atoms with van der Waals surface area (Å²) in [5.74, 6) is 0.554. The zero-order valence-corrected chi connectivity index (χ0v) is 15.1. The van der Waals surface area contributed by atoms with Crippen molar-refractivity contribution in [3.05, 3.63) is 60.3 Å². The van der Waals surface area contributed by atoms with Crippen molar-refractivity contribution < 1.29 is 19.6 Å². The summed E-state index contributed by atoms with van der Waals surface area (Å²) in [5, 5.41) is 3.10. The average molecular weight is 364 g/mol. The van der Waals surface area contributed by atoms with Crippen molar-refractivity contribution >= 4 is 28.4 Å². The maximum atomic E-state index is 12.7. The number of nitrogens with two attached hydrogens (primary N) is 1. The second-order valence-corrected chi connectivity index (χ2v) is 6.71. The summed E-state index contributed by atoms with van der Waals surface area (Å²) < 4.78 is 5.30. The van der Waals surface area contributed by atoms with Gasteiger partial charge >= 0.3 is 0 Å². The minimum atomic E-state index is -0.350. The zero-order valence-electron chi connectivity index (χ0n) is 15.1. The lowest BCUT2D eigenvalue weighted by molar-refractivity contribution is -0.674. The molecule has 3 N–H and O–H groups in total. The van der Waals surface area contributed by atoms with Crippen LogP contribution in [0.25, 0.3) is 10.9 Å². The van der Waals surface area contributed by atoms with E-state index in [0.29, 0.717) is 5.69 Å². The number of rotatable bonds is 6. The first-order valence-electron chi connectivity index (χ1n) is 9.06. The highest BCUT2D eigenvalue weighted by Gasteiger charge is 2.41. The van der Waals surface area contributed by atoms with E-state index in [1.807, 2.05) is 47.9 Å². The van der Waals surface area contributed by atoms with Gasteiger partial charge in [-0.25, -0.2) is 4.90 Å². The Morgan fingerprint density at radius 3 is 2.78 bits per heavy atom. The monoisotopic (exact) mass is 364 g/mol. The summed E-state index contributed by atoms with van der Waals surface area (Å²) >= 11 is 0. The van der Waals surface area contributed by atoms with Crippen molar-refractivity contribution in [1.82, 2.24) is 4.98 Å². The van der Waals surface area contributed by atoms with Crippen LogP contribution in [-0.4, -0.2) is 36.5 Å². The lowest BCUT2D eigenvalue weighted by Crippen LogP contribution is -2.92. The Kier molecular flexibility index (Phi) is 4.64. The normalized spacial score (nSPS) is 17.1. The molecule has 1 aliphatic heterocycles. The Balaban J connectivity index is 1.41. The van der Waals surface area contributed by atoms with Gasteiger partial charge in [0.1, 0.15) is 5.75 Å². The molecule has 0 radical (unpaired) electrons. The van der Waals surface area contributed by atoms with Gasteiger partial charge in [0.25, 0.3) is 5.91 Å². The van der Waals surface area contributed by atoms with Crippen LogP contribution in [0.1, 0.15) is 12.0 Å². The molecule has 6 nitrogen and oxygen atoms in total. The van der Waals surface area contributed by atoms with E-state index in [0.717, 1.165) is 29.6 Å². The molecule has 1 aliphatic rings. The number of carbonyl (C=O) groups is 2. The molecule has 1 atom stereocenters. The van der Waals surface area contributed by atoms with Gasteiger partial charge in [0.15, 0.2) is 6.04 Å². The van der Waals surface area contributed by atoms with Crippen LogP contribution in [0.15, 0.2) is 54.7 Å². The number of benzene rings is 2. The topological polar surface area (TPSA) is 79.0 Å². The first-order valence-corrected chi connectivity index (χ1v) is 9.06. The minimum Gasteiger partial charge on any atom is -0.497 e. The number of fused-ring (bicyclic) bond motifs is 1. The number of amides is 2. The van der Waals surface area contributed by atoms with Crippen molar-refractivity contribution in [2.24, 2.45) is 0 Å². The fourth-order valence-corrected chi connectivity index (χ4v) is 3.62. The van der Waals surface area contributed by atoms with E-state index >= 15 is 0 Å². The summed E-state index contributed by atoms with van der Waals surface area (Å²) in [6.07, 6.45) is 3.04. The molecule has 138 valence electrons. The Bertz CT molecular complexity index is 981. The molecular formula is C21H22N3O3+. The lowest BCUT2D eigenvalue weighted by Gasteiger charge is -2.13. The number of nitrogens with one attached hydrogen (secondary N) is 1. The fraction of sp³-hybridized carbons (Fsp3) is 0.238. The van der Waals surface area contributed by atoms with Crippen LogP contribution >= 0.6 is 0 Å². The van der Waals surface area contributed by atoms with Crippen LogP contribution in [0.5, 0.6) is 5.75 Å². The number of ether oxygens (including phenoxy) is 1. The number of hydrogen-bond acceptors (Lipinski definition) is 3. The summed E-state index contributed by atoms with van der Waals surface area (Å²) in [4.78, 5) is 29.5. The molecule has 3 aromatic rings. The number of anilines is 1. The van der Waals surface area contributed by atoms with Crippen molar-refractivity contribution in [1.29, 1.82) is 0 Å². The molecule has 1 saturated heterocycles. The van der Waals surface area contributed by atoms with Gasteiger partial charge in [-0.2, -0.15) is 0 Å². The van der Waals surface area contributed by atoms with Crippen molar-refractivity contribution in [2.75, 3.05) is 18.6 Å². The third kappa shape index (κ3) is 3.31. The average Bonchev–Trinajstić information content (AvgIpc) is 3.22. The molecule has 0 unspecified atom stereocenters. The van der Waals surface area contributed by atoms with Crippen LogP contribution in [0.2, 0.25) is 0 Å². The Hall–Kier alpha value is -3.12. The number of H-pyrrole nitrogens is 1. The molecule has 4 rings (SSSR count). The molecule has 0 saturated carbocycles. The van der Waals surface area contributed by atoms with E-state index in [1.165, 1.54) is 10.5 Å². The minimum absolute atomic E-state index is 0.133. The Labute approximate surface area is 157 Å². The van der Waals surface area contributed by atoms with E-state index in [4.69, 9.17) is 4.74 Å². The van der Waals surface area contributed by atoms with Gasteiger partial charge in [0.2, 0.25) is 5.91 Å². The van der Waals surface area contributed by atoms with Gasteiger partial charge in [-0.15, -0.1) is 0 Å². The highest BCUT2D eigenvalue weighted by molar-refractivity contribution is 6.21. The van der Waals surface area contributed by atoms with Crippen LogP contribution in [-0.2, 0) is 16.0 Å². The maximum absolute atomic E-state index is 12.7. The van der Waals surface area contributed by atoms with Gasteiger partial charge in [0.05, 0.1) is 25.8 Å². The van der Waals surface area contributed by atoms with Crippen molar-refractivity contribution in [3.63, 3.8) is 0 Å². The van der Waals surface area contributed by atoms with E-state index in [9.17, 15) is 9.59 Å². The molecule has 0 aliphatic carbocycles. The van der Waals surface area contributed by atoms with Crippen LogP contribution < -0.4 is 15.0 Å². The quantitative estimate of drug-likeness (QED) is 0.653. The highest BCUT2D eigenvalue weighted by Crippen LogP contribution is 2.24.